The van der Waals surface area contributed by atoms with Crippen LogP contribution < -0.4 is 10.7 Å². The predicted molar refractivity (Wildman–Crippen MR) is 86.4 cm³/mol. The number of ether oxygens (including phenoxy) is 1. The Morgan fingerprint density at radius 2 is 2.30 bits per heavy atom. The summed E-state index contributed by atoms with van der Waals surface area (Å²) in [5.41, 5.74) is 4.51. The number of nitrogens with zero attached hydrogens (tertiary/aromatic N) is 1. The van der Waals surface area contributed by atoms with Crippen molar-refractivity contribution in [3.05, 3.63) is 34.9 Å². The standard InChI is InChI=1S/C14H18ClN3OS/c1-10(12-6-2-3-7-13(12)15)17-18-14(20)16-9-11-5-4-8-19-11/h2-3,6-7,11H,4-5,8-9H2,1H3,(H2,16,18,20)/b17-10-/t11-/m1/s1. The summed E-state index contributed by atoms with van der Waals surface area (Å²) >= 11 is 11.3. The smallest absolute Gasteiger partial charge is 0.187 e. The van der Waals surface area contributed by atoms with Gasteiger partial charge in [-0.1, -0.05) is 29.8 Å². The first-order chi connectivity index (χ1) is 9.66. The number of benzene rings is 1. The van der Waals surface area contributed by atoms with E-state index in [4.69, 9.17) is 28.6 Å². The first kappa shape index (κ1) is 15.2. The van der Waals surface area contributed by atoms with E-state index in [2.05, 4.69) is 15.8 Å². The van der Waals surface area contributed by atoms with Crippen LogP contribution in [0.1, 0.15) is 25.3 Å². The molecule has 1 aliphatic rings. The maximum absolute atomic E-state index is 6.11. The van der Waals surface area contributed by atoms with Gasteiger partial charge in [-0.05, 0) is 38.0 Å². The fourth-order valence-electron chi connectivity index (χ4n) is 2.00. The molecule has 2 N–H and O–H groups in total. The van der Waals surface area contributed by atoms with Crippen molar-refractivity contribution < 1.29 is 4.74 Å². The van der Waals surface area contributed by atoms with E-state index in [-0.39, 0.29) is 6.10 Å². The molecule has 1 fully saturated rings. The lowest BCUT2D eigenvalue weighted by molar-refractivity contribution is 0.114. The van der Waals surface area contributed by atoms with Crippen molar-refractivity contribution >= 4 is 34.6 Å². The van der Waals surface area contributed by atoms with Crippen LogP contribution in [0, 0.1) is 0 Å². The van der Waals surface area contributed by atoms with Crippen LogP contribution in [0.5, 0.6) is 0 Å². The molecule has 6 heteroatoms. The summed E-state index contributed by atoms with van der Waals surface area (Å²) in [6.45, 7) is 3.44. The Kier molecular flexibility index (Phi) is 5.76. The number of hydrogen-bond acceptors (Lipinski definition) is 3. The van der Waals surface area contributed by atoms with E-state index in [1.54, 1.807) is 0 Å². The second-order valence-corrected chi connectivity index (χ2v) is 5.45. The Bertz CT molecular complexity index is 501. The lowest BCUT2D eigenvalue weighted by atomic mass is 10.1. The highest BCUT2D eigenvalue weighted by Crippen LogP contribution is 2.15. The predicted octanol–water partition coefficient (Wildman–Crippen LogP) is 2.71. The van der Waals surface area contributed by atoms with Crippen LogP contribution in [0.25, 0.3) is 0 Å². The molecule has 0 unspecified atom stereocenters. The molecular weight excluding hydrogens is 294 g/mol. The first-order valence-corrected chi connectivity index (χ1v) is 7.40. The fourth-order valence-corrected chi connectivity index (χ4v) is 2.40. The van der Waals surface area contributed by atoms with Crippen molar-refractivity contribution in [1.82, 2.24) is 10.7 Å². The highest BCUT2D eigenvalue weighted by molar-refractivity contribution is 7.80. The number of hydrogen-bond donors (Lipinski definition) is 2. The van der Waals surface area contributed by atoms with Gasteiger partial charge in [0.25, 0.3) is 0 Å². The van der Waals surface area contributed by atoms with Crippen molar-refractivity contribution in [1.29, 1.82) is 0 Å². The van der Waals surface area contributed by atoms with Gasteiger partial charge in [-0.15, -0.1) is 0 Å². The first-order valence-electron chi connectivity index (χ1n) is 6.61. The van der Waals surface area contributed by atoms with Gasteiger partial charge in [0.05, 0.1) is 11.8 Å². The van der Waals surface area contributed by atoms with Crippen LogP contribution in [0.3, 0.4) is 0 Å². The third-order valence-electron chi connectivity index (χ3n) is 3.10. The van der Waals surface area contributed by atoms with Crippen LogP contribution in [0.15, 0.2) is 29.4 Å². The van der Waals surface area contributed by atoms with E-state index >= 15 is 0 Å². The van der Waals surface area contributed by atoms with E-state index in [1.165, 1.54) is 0 Å². The van der Waals surface area contributed by atoms with Crippen LogP contribution in [-0.4, -0.2) is 30.1 Å². The number of hydrazone groups is 1. The van der Waals surface area contributed by atoms with Crippen LogP contribution in [0.2, 0.25) is 5.02 Å². The van der Waals surface area contributed by atoms with Crippen LogP contribution in [0.4, 0.5) is 0 Å². The SMILES string of the molecule is C/C(=N/NC(=S)NC[C@H]1CCCO1)c1ccccc1Cl. The third kappa shape index (κ3) is 4.44. The van der Waals surface area contributed by atoms with Gasteiger partial charge >= 0.3 is 0 Å². The molecule has 0 amide bonds. The Labute approximate surface area is 129 Å². The number of thiocarbonyl (C=S) groups is 1. The van der Waals surface area contributed by atoms with Crippen molar-refractivity contribution in [2.75, 3.05) is 13.2 Å². The molecule has 0 radical (unpaired) electrons. The Morgan fingerprint density at radius 3 is 3.00 bits per heavy atom. The molecule has 0 saturated carbocycles. The summed E-state index contributed by atoms with van der Waals surface area (Å²) in [6, 6.07) is 7.57. The van der Waals surface area contributed by atoms with E-state index in [9.17, 15) is 0 Å². The van der Waals surface area contributed by atoms with Gasteiger partial charge in [0.1, 0.15) is 0 Å². The lowest BCUT2D eigenvalue weighted by Crippen LogP contribution is -2.37. The van der Waals surface area contributed by atoms with Gasteiger partial charge in [0.2, 0.25) is 0 Å². The number of halogens is 1. The molecule has 0 aliphatic carbocycles. The fraction of sp³-hybridized carbons (Fsp3) is 0.429. The van der Waals surface area contributed by atoms with E-state index < -0.39 is 0 Å². The molecule has 1 aliphatic heterocycles. The summed E-state index contributed by atoms with van der Waals surface area (Å²) in [5.74, 6) is 0. The molecule has 0 spiro atoms. The van der Waals surface area contributed by atoms with Crippen LogP contribution in [-0.2, 0) is 4.74 Å². The number of rotatable bonds is 4. The summed E-state index contributed by atoms with van der Waals surface area (Å²) in [6.07, 6.45) is 2.46. The molecule has 1 heterocycles. The summed E-state index contributed by atoms with van der Waals surface area (Å²) in [5, 5.41) is 8.51. The molecular formula is C14H18ClN3OS. The van der Waals surface area contributed by atoms with Crippen molar-refractivity contribution in [3.63, 3.8) is 0 Å². The topological polar surface area (TPSA) is 45.7 Å². The summed E-state index contributed by atoms with van der Waals surface area (Å²) < 4.78 is 5.51. The largest absolute Gasteiger partial charge is 0.376 e. The van der Waals surface area contributed by atoms with Crippen molar-refractivity contribution in [2.24, 2.45) is 5.10 Å². The van der Waals surface area contributed by atoms with Gasteiger partial charge in [0, 0.05) is 23.7 Å². The minimum Gasteiger partial charge on any atom is -0.376 e. The number of nitrogens with one attached hydrogen (secondary N) is 2. The molecule has 0 bridgehead atoms. The van der Waals surface area contributed by atoms with Crippen molar-refractivity contribution in [3.8, 4) is 0 Å². The Morgan fingerprint density at radius 1 is 1.50 bits per heavy atom. The maximum Gasteiger partial charge on any atom is 0.187 e. The van der Waals surface area contributed by atoms with Crippen molar-refractivity contribution in [2.45, 2.75) is 25.9 Å². The van der Waals surface area contributed by atoms with Crippen LogP contribution >= 0.6 is 23.8 Å². The molecule has 1 aromatic carbocycles. The Balaban J connectivity index is 1.82. The highest BCUT2D eigenvalue weighted by atomic mass is 35.5. The van der Waals surface area contributed by atoms with Gasteiger partial charge in [-0.2, -0.15) is 5.10 Å². The molecule has 4 nitrogen and oxygen atoms in total. The highest BCUT2D eigenvalue weighted by Gasteiger charge is 2.15. The zero-order valence-corrected chi connectivity index (χ0v) is 12.9. The second-order valence-electron chi connectivity index (χ2n) is 4.63. The zero-order valence-electron chi connectivity index (χ0n) is 11.4. The van der Waals surface area contributed by atoms with Gasteiger partial charge in [-0.25, -0.2) is 0 Å². The average molecular weight is 312 g/mol. The Hall–Kier alpha value is -1.17. The maximum atomic E-state index is 6.11. The summed E-state index contributed by atoms with van der Waals surface area (Å²) in [4.78, 5) is 0. The van der Waals surface area contributed by atoms with E-state index in [0.717, 1.165) is 30.7 Å². The molecule has 2 rings (SSSR count). The average Bonchev–Trinajstić information content (AvgIpc) is 2.96. The van der Waals surface area contributed by atoms with E-state index in [1.807, 2.05) is 31.2 Å². The third-order valence-corrected chi connectivity index (χ3v) is 3.67. The van der Waals surface area contributed by atoms with Gasteiger partial charge < -0.3 is 10.1 Å². The second kappa shape index (κ2) is 7.57. The normalized spacial score (nSPS) is 18.9. The summed E-state index contributed by atoms with van der Waals surface area (Å²) in [7, 11) is 0. The minimum atomic E-state index is 0.253. The van der Waals surface area contributed by atoms with Gasteiger partial charge in [-0.3, -0.25) is 5.43 Å². The monoisotopic (exact) mass is 311 g/mol. The minimum absolute atomic E-state index is 0.253. The van der Waals surface area contributed by atoms with E-state index in [0.29, 0.717) is 16.7 Å². The molecule has 1 aromatic rings. The zero-order chi connectivity index (χ0) is 14.4. The molecule has 0 aromatic heterocycles. The molecule has 1 saturated heterocycles. The quantitative estimate of drug-likeness (QED) is 0.510. The van der Waals surface area contributed by atoms with Gasteiger partial charge in [0.15, 0.2) is 5.11 Å². The molecule has 108 valence electrons. The molecule has 1 atom stereocenters. The molecule has 20 heavy (non-hydrogen) atoms. The lowest BCUT2D eigenvalue weighted by Gasteiger charge is -2.12.